The van der Waals surface area contributed by atoms with E-state index in [2.05, 4.69) is 24.5 Å². The van der Waals surface area contributed by atoms with Gasteiger partial charge in [-0.2, -0.15) is 0 Å². The van der Waals surface area contributed by atoms with E-state index >= 15 is 0 Å². The van der Waals surface area contributed by atoms with E-state index in [0.717, 1.165) is 19.4 Å². The Labute approximate surface area is 98.1 Å². The highest BCUT2D eigenvalue weighted by Gasteiger charge is 2.36. The third-order valence-corrected chi connectivity index (χ3v) is 3.56. The molecule has 4 nitrogen and oxygen atoms in total. The van der Waals surface area contributed by atoms with Gasteiger partial charge in [0.1, 0.15) is 0 Å². The molecule has 1 heterocycles. The van der Waals surface area contributed by atoms with Crippen molar-refractivity contribution in [2.45, 2.75) is 58.2 Å². The van der Waals surface area contributed by atoms with Crippen LogP contribution in [-0.4, -0.2) is 36.7 Å². The van der Waals surface area contributed by atoms with E-state index in [-0.39, 0.29) is 23.6 Å². The van der Waals surface area contributed by atoms with Gasteiger partial charge < -0.3 is 15.4 Å². The highest BCUT2D eigenvalue weighted by atomic mass is 16.5. The number of rotatable bonds is 5. The summed E-state index contributed by atoms with van der Waals surface area (Å²) in [6.45, 7) is 9.38. The zero-order valence-corrected chi connectivity index (χ0v) is 10.8. The molecule has 16 heavy (non-hydrogen) atoms. The minimum Gasteiger partial charge on any atom is -0.377 e. The zero-order chi connectivity index (χ0) is 12.2. The molecule has 1 amide bonds. The van der Waals surface area contributed by atoms with Crippen molar-refractivity contribution < 1.29 is 9.53 Å². The molecule has 3 atom stereocenters. The molecular weight excluding hydrogens is 204 g/mol. The van der Waals surface area contributed by atoms with E-state index in [1.54, 1.807) is 0 Å². The van der Waals surface area contributed by atoms with Crippen molar-refractivity contribution in [1.82, 2.24) is 10.6 Å². The molecule has 0 aromatic rings. The van der Waals surface area contributed by atoms with Gasteiger partial charge in [0, 0.05) is 18.2 Å². The molecule has 2 N–H and O–H groups in total. The Bertz CT molecular complexity index is 245. The molecule has 1 aliphatic heterocycles. The Morgan fingerprint density at radius 2 is 2.31 bits per heavy atom. The standard InChI is InChI=1S/C12H24N2O2/c1-5-9(2)14-11(15)8-13-12(4)6-7-16-10(12)3/h9-10,13H,5-8H2,1-4H3,(H,14,15). The van der Waals surface area contributed by atoms with E-state index in [4.69, 9.17) is 4.74 Å². The maximum atomic E-state index is 11.6. The highest BCUT2D eigenvalue weighted by Crippen LogP contribution is 2.24. The molecule has 94 valence electrons. The average molecular weight is 228 g/mol. The lowest BCUT2D eigenvalue weighted by Crippen LogP contribution is -2.52. The molecule has 1 rings (SSSR count). The second-order valence-corrected chi connectivity index (χ2v) is 4.91. The van der Waals surface area contributed by atoms with Crippen molar-refractivity contribution in [1.29, 1.82) is 0 Å². The summed E-state index contributed by atoms with van der Waals surface area (Å²) in [5, 5.41) is 6.24. The van der Waals surface area contributed by atoms with Crippen LogP contribution in [-0.2, 0) is 9.53 Å². The molecule has 1 saturated heterocycles. The Hall–Kier alpha value is -0.610. The molecular formula is C12H24N2O2. The SMILES string of the molecule is CCC(C)NC(=O)CNC1(C)CCOC1C. The molecule has 0 aromatic carbocycles. The van der Waals surface area contributed by atoms with Gasteiger partial charge in [-0.1, -0.05) is 6.92 Å². The molecule has 0 saturated carbocycles. The minimum absolute atomic E-state index is 0.0627. The summed E-state index contributed by atoms with van der Waals surface area (Å²) in [7, 11) is 0. The molecule has 1 aliphatic rings. The topological polar surface area (TPSA) is 50.4 Å². The Morgan fingerprint density at radius 3 is 2.81 bits per heavy atom. The van der Waals surface area contributed by atoms with Crippen LogP contribution in [0.25, 0.3) is 0 Å². The number of carbonyl (C=O) groups excluding carboxylic acids is 1. The summed E-state index contributed by atoms with van der Waals surface area (Å²) in [6, 6.07) is 0.249. The number of carbonyl (C=O) groups is 1. The maximum Gasteiger partial charge on any atom is 0.234 e. The summed E-state index contributed by atoms with van der Waals surface area (Å²) in [6.07, 6.45) is 2.09. The number of hydrogen-bond acceptors (Lipinski definition) is 3. The molecule has 1 fully saturated rings. The Kier molecular flexibility index (Phi) is 4.74. The summed E-state index contributed by atoms with van der Waals surface area (Å²) in [5.74, 6) is 0.0645. The molecule has 0 bridgehead atoms. The van der Waals surface area contributed by atoms with Crippen LogP contribution >= 0.6 is 0 Å². The van der Waals surface area contributed by atoms with Gasteiger partial charge in [0.15, 0.2) is 0 Å². The van der Waals surface area contributed by atoms with Gasteiger partial charge in [-0.15, -0.1) is 0 Å². The maximum absolute atomic E-state index is 11.6. The van der Waals surface area contributed by atoms with E-state index < -0.39 is 0 Å². The first-order chi connectivity index (χ1) is 7.48. The van der Waals surface area contributed by atoms with Crippen molar-refractivity contribution in [3.63, 3.8) is 0 Å². The lowest BCUT2D eigenvalue weighted by Gasteiger charge is -2.29. The van der Waals surface area contributed by atoms with Crippen LogP contribution in [0.2, 0.25) is 0 Å². The van der Waals surface area contributed by atoms with E-state index in [9.17, 15) is 4.79 Å². The fourth-order valence-corrected chi connectivity index (χ4v) is 1.78. The van der Waals surface area contributed by atoms with Crippen molar-refractivity contribution in [3.8, 4) is 0 Å². The van der Waals surface area contributed by atoms with Crippen LogP contribution in [0, 0.1) is 0 Å². The summed E-state index contributed by atoms with van der Waals surface area (Å²) in [5.41, 5.74) is -0.0627. The van der Waals surface area contributed by atoms with E-state index in [0.29, 0.717) is 6.54 Å². The molecule has 0 aliphatic carbocycles. The zero-order valence-electron chi connectivity index (χ0n) is 10.8. The lowest BCUT2D eigenvalue weighted by molar-refractivity contribution is -0.121. The smallest absolute Gasteiger partial charge is 0.234 e. The minimum atomic E-state index is -0.0627. The van der Waals surface area contributed by atoms with Crippen LogP contribution < -0.4 is 10.6 Å². The monoisotopic (exact) mass is 228 g/mol. The second-order valence-electron chi connectivity index (χ2n) is 4.91. The van der Waals surface area contributed by atoms with Gasteiger partial charge in [-0.25, -0.2) is 0 Å². The second kappa shape index (κ2) is 5.64. The van der Waals surface area contributed by atoms with Gasteiger partial charge in [-0.3, -0.25) is 4.79 Å². The summed E-state index contributed by atoms with van der Waals surface area (Å²) in [4.78, 5) is 11.6. The summed E-state index contributed by atoms with van der Waals surface area (Å²) < 4.78 is 5.51. The third kappa shape index (κ3) is 3.46. The molecule has 0 spiro atoms. The van der Waals surface area contributed by atoms with Crippen LogP contribution in [0.3, 0.4) is 0 Å². The highest BCUT2D eigenvalue weighted by molar-refractivity contribution is 5.78. The first-order valence-electron chi connectivity index (χ1n) is 6.14. The van der Waals surface area contributed by atoms with Gasteiger partial charge >= 0.3 is 0 Å². The van der Waals surface area contributed by atoms with E-state index in [1.165, 1.54) is 0 Å². The first kappa shape index (κ1) is 13.5. The van der Waals surface area contributed by atoms with Crippen molar-refractivity contribution >= 4 is 5.91 Å². The van der Waals surface area contributed by atoms with Crippen LogP contribution in [0.1, 0.15) is 40.5 Å². The molecule has 3 unspecified atom stereocenters. The largest absolute Gasteiger partial charge is 0.377 e. The van der Waals surface area contributed by atoms with Gasteiger partial charge in [0.05, 0.1) is 12.6 Å². The quantitative estimate of drug-likeness (QED) is 0.739. The predicted molar refractivity (Wildman–Crippen MR) is 64.3 cm³/mol. The molecule has 0 aromatic heterocycles. The van der Waals surface area contributed by atoms with Crippen molar-refractivity contribution in [3.05, 3.63) is 0 Å². The molecule has 4 heteroatoms. The van der Waals surface area contributed by atoms with Gasteiger partial charge in [0.25, 0.3) is 0 Å². The fourth-order valence-electron chi connectivity index (χ4n) is 1.78. The van der Waals surface area contributed by atoms with Crippen LogP contribution in [0.5, 0.6) is 0 Å². The Morgan fingerprint density at radius 1 is 1.62 bits per heavy atom. The lowest BCUT2D eigenvalue weighted by atomic mass is 9.95. The van der Waals surface area contributed by atoms with Crippen molar-refractivity contribution in [2.75, 3.05) is 13.2 Å². The predicted octanol–water partition coefficient (Wildman–Crippen LogP) is 1.06. The average Bonchev–Trinajstić information content (AvgIpc) is 2.57. The number of nitrogens with one attached hydrogen (secondary N) is 2. The van der Waals surface area contributed by atoms with Gasteiger partial charge in [0.2, 0.25) is 5.91 Å². The molecule has 0 radical (unpaired) electrons. The Balaban J connectivity index is 2.31. The van der Waals surface area contributed by atoms with Gasteiger partial charge in [-0.05, 0) is 33.6 Å². The summed E-state index contributed by atoms with van der Waals surface area (Å²) >= 11 is 0. The number of ether oxygens (including phenoxy) is 1. The fraction of sp³-hybridized carbons (Fsp3) is 0.917. The number of hydrogen-bond donors (Lipinski definition) is 2. The first-order valence-corrected chi connectivity index (χ1v) is 6.14. The number of amides is 1. The van der Waals surface area contributed by atoms with Crippen LogP contribution in [0.15, 0.2) is 0 Å². The van der Waals surface area contributed by atoms with Crippen LogP contribution in [0.4, 0.5) is 0 Å². The van der Waals surface area contributed by atoms with Crippen molar-refractivity contribution in [2.24, 2.45) is 0 Å². The third-order valence-electron chi connectivity index (χ3n) is 3.56. The van der Waals surface area contributed by atoms with E-state index in [1.807, 2.05) is 13.8 Å². The normalized spacial score (nSPS) is 31.4.